The minimum atomic E-state index is -0.216. The average molecular weight is 249 g/mol. The van der Waals surface area contributed by atoms with E-state index in [4.69, 9.17) is 5.73 Å². The van der Waals surface area contributed by atoms with Gasteiger partial charge in [-0.1, -0.05) is 12.1 Å². The van der Waals surface area contributed by atoms with Crippen LogP contribution in [-0.4, -0.2) is 26.8 Å². The molecule has 5 nitrogen and oxygen atoms in total. The summed E-state index contributed by atoms with van der Waals surface area (Å²) in [5, 5.41) is 12.1. The van der Waals surface area contributed by atoms with Gasteiger partial charge < -0.3 is 5.73 Å². The van der Waals surface area contributed by atoms with E-state index in [1.807, 2.05) is 6.07 Å². The second-order valence-corrected chi connectivity index (χ2v) is 4.07. The standard InChI is InChI=1S/C12H16FN5/c13-11-4-1-3-10(9-11)5-6-12-15-17-18(16-12)8-2-7-14/h1,3-4,9H,2,5-8,14H2. The fraction of sp³-hybridized carbons (Fsp3) is 0.417. The lowest BCUT2D eigenvalue weighted by Crippen LogP contribution is -2.08. The molecule has 0 bridgehead atoms. The molecule has 0 spiro atoms. The molecule has 1 aromatic carbocycles. The number of aryl methyl sites for hydroxylation is 3. The second-order valence-electron chi connectivity index (χ2n) is 4.07. The van der Waals surface area contributed by atoms with Gasteiger partial charge in [-0.05, 0) is 42.3 Å². The molecule has 0 fully saturated rings. The zero-order chi connectivity index (χ0) is 12.8. The van der Waals surface area contributed by atoms with Crippen LogP contribution in [0, 0.1) is 5.82 Å². The van der Waals surface area contributed by atoms with Crippen LogP contribution in [0.15, 0.2) is 24.3 Å². The van der Waals surface area contributed by atoms with E-state index in [0.717, 1.165) is 12.0 Å². The summed E-state index contributed by atoms with van der Waals surface area (Å²) >= 11 is 0. The van der Waals surface area contributed by atoms with Crippen LogP contribution in [0.1, 0.15) is 17.8 Å². The third-order valence-electron chi connectivity index (χ3n) is 2.58. The van der Waals surface area contributed by atoms with Gasteiger partial charge in [-0.25, -0.2) is 4.39 Å². The lowest BCUT2D eigenvalue weighted by molar-refractivity contribution is 0.502. The molecule has 0 atom stereocenters. The Labute approximate surface area is 105 Å². The van der Waals surface area contributed by atoms with Crippen molar-refractivity contribution < 1.29 is 4.39 Å². The van der Waals surface area contributed by atoms with Gasteiger partial charge in [-0.3, -0.25) is 0 Å². The van der Waals surface area contributed by atoms with Crippen LogP contribution in [0.2, 0.25) is 0 Å². The Hall–Kier alpha value is -1.82. The maximum Gasteiger partial charge on any atom is 0.175 e. The summed E-state index contributed by atoms with van der Waals surface area (Å²) in [7, 11) is 0. The van der Waals surface area contributed by atoms with Crippen molar-refractivity contribution in [2.75, 3.05) is 6.54 Å². The van der Waals surface area contributed by atoms with Crippen LogP contribution in [-0.2, 0) is 19.4 Å². The Morgan fingerprint density at radius 1 is 1.28 bits per heavy atom. The molecule has 18 heavy (non-hydrogen) atoms. The van der Waals surface area contributed by atoms with Gasteiger partial charge in [0.05, 0.1) is 6.54 Å². The molecule has 96 valence electrons. The molecule has 0 saturated carbocycles. The Balaban J connectivity index is 1.88. The highest BCUT2D eigenvalue weighted by Gasteiger charge is 2.03. The van der Waals surface area contributed by atoms with Crippen molar-refractivity contribution in [3.63, 3.8) is 0 Å². The first kappa shape index (κ1) is 12.6. The predicted octanol–water partition coefficient (Wildman–Crippen LogP) is 0.946. The van der Waals surface area contributed by atoms with E-state index >= 15 is 0 Å². The number of benzene rings is 1. The smallest absolute Gasteiger partial charge is 0.175 e. The molecular weight excluding hydrogens is 233 g/mol. The molecular formula is C12H16FN5. The Morgan fingerprint density at radius 3 is 2.94 bits per heavy atom. The van der Waals surface area contributed by atoms with Gasteiger partial charge in [0.1, 0.15) is 5.82 Å². The third-order valence-corrected chi connectivity index (χ3v) is 2.58. The van der Waals surface area contributed by atoms with Crippen LogP contribution in [0.25, 0.3) is 0 Å². The van der Waals surface area contributed by atoms with E-state index < -0.39 is 0 Å². The van der Waals surface area contributed by atoms with Crippen LogP contribution in [0.5, 0.6) is 0 Å². The van der Waals surface area contributed by atoms with Crippen LogP contribution in [0.3, 0.4) is 0 Å². The van der Waals surface area contributed by atoms with Crippen LogP contribution < -0.4 is 5.73 Å². The summed E-state index contributed by atoms with van der Waals surface area (Å²) < 4.78 is 13.0. The third kappa shape index (κ3) is 3.59. The fourth-order valence-corrected chi connectivity index (χ4v) is 1.65. The number of nitrogens with zero attached hydrogens (tertiary/aromatic N) is 4. The molecule has 2 rings (SSSR count). The van der Waals surface area contributed by atoms with Gasteiger partial charge in [0, 0.05) is 6.42 Å². The van der Waals surface area contributed by atoms with Gasteiger partial charge in [-0.15, -0.1) is 10.2 Å². The number of aromatic nitrogens is 4. The highest BCUT2D eigenvalue weighted by molar-refractivity contribution is 5.16. The fourth-order valence-electron chi connectivity index (χ4n) is 1.65. The predicted molar refractivity (Wildman–Crippen MR) is 65.3 cm³/mol. The number of rotatable bonds is 6. The zero-order valence-electron chi connectivity index (χ0n) is 10.1. The van der Waals surface area contributed by atoms with E-state index in [1.54, 1.807) is 10.9 Å². The van der Waals surface area contributed by atoms with Crippen molar-refractivity contribution in [3.05, 3.63) is 41.5 Å². The maximum absolute atomic E-state index is 13.0. The summed E-state index contributed by atoms with van der Waals surface area (Å²) in [5.41, 5.74) is 6.35. The minimum absolute atomic E-state index is 0.216. The summed E-state index contributed by atoms with van der Waals surface area (Å²) in [5.74, 6) is 0.461. The largest absolute Gasteiger partial charge is 0.330 e. The number of hydrogen-bond acceptors (Lipinski definition) is 4. The molecule has 1 aromatic heterocycles. The lowest BCUT2D eigenvalue weighted by atomic mass is 10.1. The number of halogens is 1. The van der Waals surface area contributed by atoms with E-state index in [2.05, 4.69) is 15.4 Å². The number of tetrazole rings is 1. The number of nitrogens with two attached hydrogens (primary N) is 1. The highest BCUT2D eigenvalue weighted by Crippen LogP contribution is 2.06. The van der Waals surface area contributed by atoms with Gasteiger partial charge in [0.25, 0.3) is 0 Å². The molecule has 0 aliphatic heterocycles. The Morgan fingerprint density at radius 2 is 2.17 bits per heavy atom. The van der Waals surface area contributed by atoms with Crippen LogP contribution >= 0.6 is 0 Å². The molecule has 0 saturated heterocycles. The highest BCUT2D eigenvalue weighted by atomic mass is 19.1. The summed E-state index contributed by atoms with van der Waals surface area (Å²) in [4.78, 5) is 1.55. The van der Waals surface area contributed by atoms with Crippen molar-refractivity contribution in [3.8, 4) is 0 Å². The normalized spacial score (nSPS) is 10.8. The summed E-state index contributed by atoms with van der Waals surface area (Å²) in [6, 6.07) is 6.56. The van der Waals surface area contributed by atoms with Gasteiger partial charge >= 0.3 is 0 Å². The molecule has 1 heterocycles. The first-order valence-corrected chi connectivity index (χ1v) is 5.99. The topological polar surface area (TPSA) is 69.6 Å². The summed E-state index contributed by atoms with van der Waals surface area (Å²) in [6.45, 7) is 1.30. The number of hydrogen-bond donors (Lipinski definition) is 1. The van der Waals surface area contributed by atoms with E-state index in [0.29, 0.717) is 31.8 Å². The summed E-state index contributed by atoms with van der Waals surface area (Å²) in [6.07, 6.45) is 2.20. The SMILES string of the molecule is NCCCn1nnc(CCc2cccc(F)c2)n1. The lowest BCUT2D eigenvalue weighted by Gasteiger charge is -1.98. The Kier molecular flexibility index (Phi) is 4.35. The average Bonchev–Trinajstić information content (AvgIpc) is 2.82. The van der Waals surface area contributed by atoms with Gasteiger partial charge in [0.15, 0.2) is 5.82 Å². The van der Waals surface area contributed by atoms with Crippen molar-refractivity contribution in [2.45, 2.75) is 25.8 Å². The van der Waals surface area contributed by atoms with Crippen molar-refractivity contribution in [2.24, 2.45) is 5.73 Å². The van der Waals surface area contributed by atoms with Crippen molar-refractivity contribution in [1.82, 2.24) is 20.2 Å². The molecule has 0 aliphatic carbocycles. The molecule has 2 N–H and O–H groups in total. The molecule has 0 aliphatic rings. The molecule has 0 radical (unpaired) electrons. The van der Waals surface area contributed by atoms with E-state index in [-0.39, 0.29) is 5.82 Å². The molecule has 2 aromatic rings. The molecule has 6 heteroatoms. The van der Waals surface area contributed by atoms with Gasteiger partial charge in [0.2, 0.25) is 0 Å². The maximum atomic E-state index is 13.0. The Bertz CT molecular complexity index is 497. The van der Waals surface area contributed by atoms with Gasteiger partial charge in [-0.2, -0.15) is 4.80 Å². The first-order valence-electron chi connectivity index (χ1n) is 5.99. The monoisotopic (exact) mass is 249 g/mol. The van der Waals surface area contributed by atoms with E-state index in [1.165, 1.54) is 12.1 Å². The van der Waals surface area contributed by atoms with E-state index in [9.17, 15) is 4.39 Å². The molecule has 0 unspecified atom stereocenters. The minimum Gasteiger partial charge on any atom is -0.330 e. The molecule has 0 amide bonds. The van der Waals surface area contributed by atoms with Crippen molar-refractivity contribution in [1.29, 1.82) is 0 Å². The van der Waals surface area contributed by atoms with Crippen molar-refractivity contribution >= 4 is 0 Å². The second kappa shape index (κ2) is 6.20. The zero-order valence-corrected chi connectivity index (χ0v) is 10.1. The van der Waals surface area contributed by atoms with Crippen LogP contribution in [0.4, 0.5) is 4.39 Å². The first-order chi connectivity index (χ1) is 8.78. The quantitative estimate of drug-likeness (QED) is 0.827.